The molecule has 2 N–H and O–H groups in total. The molecule has 44 heavy (non-hydrogen) atoms. The summed E-state index contributed by atoms with van der Waals surface area (Å²) in [5, 5.41) is 12.1. The normalized spacial score (nSPS) is 22.2. The van der Waals surface area contributed by atoms with Gasteiger partial charge in [-0.1, -0.05) is 42.5 Å². The number of carbonyl (C=O) groups excluding carboxylic acids is 2. The van der Waals surface area contributed by atoms with Crippen LogP contribution in [0.15, 0.2) is 54.6 Å². The lowest BCUT2D eigenvalue weighted by molar-refractivity contribution is -0.128. The van der Waals surface area contributed by atoms with E-state index in [9.17, 15) is 14.9 Å². The van der Waals surface area contributed by atoms with Crippen LogP contribution in [0, 0.1) is 11.3 Å². The zero-order chi connectivity index (χ0) is 30.6. The summed E-state index contributed by atoms with van der Waals surface area (Å²) in [5.41, 5.74) is 8.67. The molecule has 2 aromatic carbocycles. The Labute approximate surface area is 258 Å². The summed E-state index contributed by atoms with van der Waals surface area (Å²) in [6.45, 7) is 2.99. The van der Waals surface area contributed by atoms with E-state index >= 15 is 0 Å². The Morgan fingerprint density at radius 3 is 2.70 bits per heavy atom. The Hall–Kier alpha value is -4.49. The molecule has 3 aliphatic rings. The van der Waals surface area contributed by atoms with E-state index in [1.165, 1.54) is 22.4 Å². The van der Waals surface area contributed by atoms with Crippen molar-refractivity contribution in [2.45, 2.75) is 56.5 Å². The Balaban J connectivity index is 1.31. The molecule has 0 spiro atoms. The van der Waals surface area contributed by atoms with Gasteiger partial charge in [0.25, 0.3) is 0 Å². The monoisotopic (exact) mass is 593 g/mol. The van der Waals surface area contributed by atoms with Gasteiger partial charge in [0.2, 0.25) is 11.8 Å². The van der Waals surface area contributed by atoms with Crippen LogP contribution in [0.1, 0.15) is 48.4 Å². The molecule has 0 bridgehead atoms. The van der Waals surface area contributed by atoms with Crippen LogP contribution < -0.4 is 15.4 Å². The molecule has 10 nitrogen and oxygen atoms in total. The number of piperazine rings is 1. The van der Waals surface area contributed by atoms with Gasteiger partial charge in [-0.2, -0.15) is 15.2 Å². The highest BCUT2D eigenvalue weighted by atomic mass is 16.5. The molecule has 2 amide bonds. The van der Waals surface area contributed by atoms with Crippen molar-refractivity contribution in [3.8, 4) is 12.1 Å². The summed E-state index contributed by atoms with van der Waals surface area (Å²) >= 11 is 0. The van der Waals surface area contributed by atoms with Gasteiger partial charge in [0, 0.05) is 43.4 Å². The standard InChI is InChI=1S/C34H39N7O3/c1-39-17-5-8-26(39)22-44-34-37-30-20-24(28-10-4-7-23-6-2-3-9-27(23)28)11-12-29(30)33(38-34)40-18-19-41(25(21-40)15-16-35)32(43)14-13-31(36)42/h2-4,6-7,9-10,13-14,24-26H,5,8,11-12,15,17-22H2,1H3,(H2,36,42)/b14-13+/t24-,25-,26-/m0/s1. The second-order valence-corrected chi connectivity index (χ2v) is 12.1. The Morgan fingerprint density at radius 2 is 1.91 bits per heavy atom. The highest BCUT2D eigenvalue weighted by molar-refractivity contribution is 5.96. The fourth-order valence-electron chi connectivity index (χ4n) is 7.00. The third-order valence-electron chi connectivity index (χ3n) is 9.35. The van der Waals surface area contributed by atoms with E-state index in [0.717, 1.165) is 61.8 Å². The van der Waals surface area contributed by atoms with Gasteiger partial charge < -0.3 is 25.2 Å². The number of anilines is 1. The number of aromatic nitrogens is 2. The average Bonchev–Trinajstić information content (AvgIpc) is 3.46. The van der Waals surface area contributed by atoms with Crippen LogP contribution in [-0.2, 0) is 22.4 Å². The lowest BCUT2D eigenvalue weighted by atomic mass is 9.80. The number of likely N-dealkylation sites (N-methyl/N-ethyl adjacent to an activating group) is 1. The van der Waals surface area contributed by atoms with Gasteiger partial charge >= 0.3 is 6.01 Å². The smallest absolute Gasteiger partial charge is 0.318 e. The van der Waals surface area contributed by atoms with Gasteiger partial charge in [0.05, 0.1) is 24.2 Å². The van der Waals surface area contributed by atoms with Crippen molar-refractivity contribution in [2.75, 3.05) is 44.7 Å². The van der Waals surface area contributed by atoms with Crippen molar-refractivity contribution in [1.82, 2.24) is 19.8 Å². The van der Waals surface area contributed by atoms with E-state index in [0.29, 0.717) is 44.2 Å². The molecule has 2 saturated heterocycles. The molecular weight excluding hydrogens is 554 g/mol. The van der Waals surface area contributed by atoms with E-state index in [1.54, 1.807) is 4.90 Å². The molecule has 2 aliphatic heterocycles. The molecule has 3 heterocycles. The molecule has 3 aromatic rings. The second kappa shape index (κ2) is 13.0. The SMILES string of the molecule is CN1CCC[C@H]1COc1nc2c(c(N3CCN(C(=O)/C=C/C(N)=O)[C@@H](CC#N)C3)n1)CC[C@H](c1cccc3ccccc13)C2. The number of hydrogen-bond acceptors (Lipinski definition) is 8. The Bertz CT molecular complexity index is 1610. The maximum Gasteiger partial charge on any atom is 0.318 e. The molecule has 0 radical (unpaired) electrons. The quantitative estimate of drug-likeness (QED) is 0.394. The van der Waals surface area contributed by atoms with E-state index in [1.807, 2.05) is 0 Å². The third kappa shape index (κ3) is 6.24. The predicted molar refractivity (Wildman–Crippen MR) is 168 cm³/mol. The van der Waals surface area contributed by atoms with E-state index < -0.39 is 5.91 Å². The summed E-state index contributed by atoms with van der Waals surface area (Å²) in [6, 6.07) is 17.7. The van der Waals surface area contributed by atoms with Crippen molar-refractivity contribution < 1.29 is 14.3 Å². The first kappa shape index (κ1) is 29.6. The largest absolute Gasteiger partial charge is 0.462 e. The Kier molecular flexibility index (Phi) is 8.75. The van der Waals surface area contributed by atoms with Crippen LogP contribution in [0.25, 0.3) is 10.8 Å². The molecule has 3 atom stereocenters. The number of nitrogens with zero attached hydrogens (tertiary/aromatic N) is 6. The van der Waals surface area contributed by atoms with Crippen molar-refractivity contribution in [3.63, 3.8) is 0 Å². The number of ether oxygens (including phenoxy) is 1. The topological polar surface area (TPSA) is 129 Å². The van der Waals surface area contributed by atoms with Gasteiger partial charge in [-0.15, -0.1) is 0 Å². The number of amides is 2. The number of nitriles is 1. The molecule has 1 aliphatic carbocycles. The fraction of sp³-hybridized carbons (Fsp3) is 0.441. The van der Waals surface area contributed by atoms with Gasteiger partial charge in [-0.25, -0.2) is 0 Å². The molecule has 10 heteroatoms. The minimum atomic E-state index is -0.681. The Morgan fingerprint density at radius 1 is 1.07 bits per heavy atom. The number of rotatable bonds is 8. The summed E-state index contributed by atoms with van der Waals surface area (Å²) in [6.07, 6.45) is 7.26. The first-order chi connectivity index (χ1) is 21.4. The van der Waals surface area contributed by atoms with E-state index in [2.05, 4.69) is 65.4 Å². The third-order valence-corrected chi connectivity index (χ3v) is 9.35. The van der Waals surface area contributed by atoms with Crippen molar-refractivity contribution in [2.24, 2.45) is 5.73 Å². The van der Waals surface area contributed by atoms with Gasteiger partial charge in [-0.05, 0) is 68.0 Å². The van der Waals surface area contributed by atoms with E-state index in [4.69, 9.17) is 20.4 Å². The summed E-state index contributed by atoms with van der Waals surface area (Å²) in [5.74, 6) is 0.155. The van der Waals surface area contributed by atoms with Crippen LogP contribution in [0.2, 0.25) is 0 Å². The average molecular weight is 594 g/mol. The zero-order valence-corrected chi connectivity index (χ0v) is 25.2. The summed E-state index contributed by atoms with van der Waals surface area (Å²) in [7, 11) is 2.13. The van der Waals surface area contributed by atoms with Gasteiger partial charge in [0.15, 0.2) is 0 Å². The first-order valence-electron chi connectivity index (χ1n) is 15.5. The number of nitrogens with two attached hydrogens (primary N) is 1. The lowest BCUT2D eigenvalue weighted by Crippen LogP contribution is -2.55. The van der Waals surface area contributed by atoms with Crippen LogP contribution in [0.3, 0.4) is 0 Å². The minimum Gasteiger partial charge on any atom is -0.462 e. The minimum absolute atomic E-state index is 0.167. The van der Waals surface area contributed by atoms with Crippen molar-refractivity contribution in [1.29, 1.82) is 5.26 Å². The number of benzene rings is 2. The van der Waals surface area contributed by atoms with Crippen LogP contribution in [0.5, 0.6) is 6.01 Å². The number of primary amides is 1. The van der Waals surface area contributed by atoms with Crippen molar-refractivity contribution >= 4 is 28.4 Å². The molecule has 228 valence electrons. The van der Waals surface area contributed by atoms with Crippen LogP contribution >= 0.6 is 0 Å². The maximum absolute atomic E-state index is 12.9. The number of likely N-dealkylation sites (tertiary alicyclic amines) is 1. The lowest BCUT2D eigenvalue weighted by Gasteiger charge is -2.42. The molecule has 0 unspecified atom stereocenters. The number of fused-ring (bicyclic) bond motifs is 2. The first-order valence-corrected chi connectivity index (χ1v) is 15.5. The highest BCUT2D eigenvalue weighted by Crippen LogP contribution is 2.39. The maximum atomic E-state index is 12.9. The zero-order valence-electron chi connectivity index (χ0n) is 25.2. The fourth-order valence-corrected chi connectivity index (χ4v) is 7.00. The summed E-state index contributed by atoms with van der Waals surface area (Å²) in [4.78, 5) is 40.2. The van der Waals surface area contributed by atoms with Crippen LogP contribution in [-0.4, -0.2) is 83.5 Å². The molecule has 2 fully saturated rings. The molecule has 1 aromatic heterocycles. The van der Waals surface area contributed by atoms with E-state index in [-0.39, 0.29) is 18.4 Å². The van der Waals surface area contributed by atoms with Gasteiger partial charge in [0.1, 0.15) is 12.4 Å². The van der Waals surface area contributed by atoms with Crippen LogP contribution in [0.4, 0.5) is 5.82 Å². The molecule has 6 rings (SSSR count). The van der Waals surface area contributed by atoms with Gasteiger partial charge in [-0.3, -0.25) is 9.59 Å². The highest BCUT2D eigenvalue weighted by Gasteiger charge is 2.34. The summed E-state index contributed by atoms with van der Waals surface area (Å²) < 4.78 is 6.30. The molecular formula is C34H39N7O3. The van der Waals surface area contributed by atoms with Crippen molar-refractivity contribution in [3.05, 3.63) is 71.4 Å². The predicted octanol–water partition coefficient (Wildman–Crippen LogP) is 3.35. The molecule has 0 saturated carbocycles. The number of carbonyl (C=O) groups is 2. The number of hydrogen-bond donors (Lipinski definition) is 1. The second-order valence-electron chi connectivity index (χ2n) is 12.1.